The van der Waals surface area contributed by atoms with E-state index in [9.17, 15) is 18.3 Å². The van der Waals surface area contributed by atoms with Crippen LogP contribution in [0.2, 0.25) is 0 Å². The highest BCUT2D eigenvalue weighted by atomic mass is 19.4. The minimum absolute atomic E-state index is 0.0484. The zero-order chi connectivity index (χ0) is 17.9. The molecule has 1 unspecified atom stereocenters. The zero-order valence-electron chi connectivity index (χ0n) is 13.2. The third-order valence-corrected chi connectivity index (χ3v) is 3.77. The van der Waals surface area contributed by atoms with Crippen molar-refractivity contribution >= 4 is 10.9 Å². The van der Waals surface area contributed by atoms with Crippen LogP contribution in [0.15, 0.2) is 60.8 Å². The second-order valence-corrected chi connectivity index (χ2v) is 5.72. The van der Waals surface area contributed by atoms with Gasteiger partial charge in [-0.1, -0.05) is 18.2 Å². The number of alkyl halides is 3. The standard InChI is InChI=1S/C19H16F3NO2/c20-19(21,22)15-5-3-13(4-6-15)10-16(24)12-25-17-7-8-18-14(11-17)2-1-9-23-18/h1-9,11,16,24H,10,12H2. The predicted molar refractivity (Wildman–Crippen MR) is 88.4 cm³/mol. The van der Waals surface area contributed by atoms with Crippen molar-refractivity contribution in [1.82, 2.24) is 4.98 Å². The summed E-state index contributed by atoms with van der Waals surface area (Å²) in [6, 6.07) is 13.9. The Kier molecular flexibility index (Phi) is 4.90. The summed E-state index contributed by atoms with van der Waals surface area (Å²) in [5.74, 6) is 0.604. The molecule has 0 radical (unpaired) electrons. The van der Waals surface area contributed by atoms with Crippen LogP contribution in [0.5, 0.6) is 5.75 Å². The van der Waals surface area contributed by atoms with E-state index in [0.29, 0.717) is 11.3 Å². The molecule has 130 valence electrons. The third-order valence-electron chi connectivity index (χ3n) is 3.77. The molecule has 0 spiro atoms. The fourth-order valence-corrected chi connectivity index (χ4v) is 2.50. The molecule has 0 saturated heterocycles. The van der Waals surface area contributed by atoms with Crippen LogP contribution in [0, 0.1) is 0 Å². The van der Waals surface area contributed by atoms with Crippen molar-refractivity contribution in [3.63, 3.8) is 0 Å². The molecule has 1 N–H and O–H groups in total. The van der Waals surface area contributed by atoms with Crippen molar-refractivity contribution in [2.24, 2.45) is 0 Å². The second-order valence-electron chi connectivity index (χ2n) is 5.72. The lowest BCUT2D eigenvalue weighted by atomic mass is 10.1. The molecule has 6 heteroatoms. The summed E-state index contributed by atoms with van der Waals surface area (Å²) in [7, 11) is 0. The molecule has 2 aromatic carbocycles. The Labute approximate surface area is 142 Å². The van der Waals surface area contributed by atoms with E-state index in [4.69, 9.17) is 4.74 Å². The Balaban J connectivity index is 1.57. The fourth-order valence-electron chi connectivity index (χ4n) is 2.50. The van der Waals surface area contributed by atoms with Crippen LogP contribution in [-0.2, 0) is 12.6 Å². The SMILES string of the molecule is OC(COc1ccc2ncccc2c1)Cc1ccc(C(F)(F)F)cc1. The lowest BCUT2D eigenvalue weighted by molar-refractivity contribution is -0.137. The normalized spacial score (nSPS) is 13.0. The number of aromatic nitrogens is 1. The highest BCUT2D eigenvalue weighted by Crippen LogP contribution is 2.29. The minimum Gasteiger partial charge on any atom is -0.491 e. The van der Waals surface area contributed by atoms with Crippen molar-refractivity contribution in [1.29, 1.82) is 0 Å². The number of ether oxygens (including phenoxy) is 1. The van der Waals surface area contributed by atoms with E-state index < -0.39 is 17.8 Å². The zero-order valence-corrected chi connectivity index (χ0v) is 13.2. The van der Waals surface area contributed by atoms with Gasteiger partial charge < -0.3 is 9.84 Å². The molecule has 3 nitrogen and oxygen atoms in total. The predicted octanol–water partition coefficient (Wildman–Crippen LogP) is 4.24. The number of rotatable bonds is 5. The summed E-state index contributed by atoms with van der Waals surface area (Å²) < 4.78 is 43.2. The fraction of sp³-hybridized carbons (Fsp3) is 0.211. The molecule has 3 aromatic rings. The van der Waals surface area contributed by atoms with E-state index in [2.05, 4.69) is 4.98 Å². The van der Waals surface area contributed by atoms with E-state index in [1.165, 1.54) is 12.1 Å². The number of nitrogens with zero attached hydrogens (tertiary/aromatic N) is 1. The number of hydrogen-bond acceptors (Lipinski definition) is 3. The first-order valence-corrected chi connectivity index (χ1v) is 7.73. The molecular formula is C19H16F3NO2. The molecule has 1 heterocycles. The molecule has 0 aliphatic carbocycles. The van der Waals surface area contributed by atoms with Crippen molar-refractivity contribution in [3.8, 4) is 5.75 Å². The van der Waals surface area contributed by atoms with Gasteiger partial charge in [0.15, 0.2) is 0 Å². The first kappa shape index (κ1) is 17.2. The number of pyridine rings is 1. The van der Waals surface area contributed by atoms with Crippen LogP contribution in [0.1, 0.15) is 11.1 Å². The summed E-state index contributed by atoms with van der Waals surface area (Å²) in [5.41, 5.74) is 0.763. The summed E-state index contributed by atoms with van der Waals surface area (Å²) in [6.45, 7) is 0.0484. The van der Waals surface area contributed by atoms with Gasteiger partial charge in [0.05, 0.1) is 17.2 Å². The van der Waals surface area contributed by atoms with E-state index in [0.717, 1.165) is 23.0 Å². The van der Waals surface area contributed by atoms with E-state index in [1.54, 1.807) is 12.3 Å². The molecule has 0 saturated carbocycles. The molecule has 3 rings (SSSR count). The first-order valence-electron chi connectivity index (χ1n) is 7.73. The Morgan fingerprint density at radius 3 is 2.52 bits per heavy atom. The number of fused-ring (bicyclic) bond motifs is 1. The number of hydrogen-bond donors (Lipinski definition) is 1. The summed E-state index contributed by atoms with van der Waals surface area (Å²) in [4.78, 5) is 4.21. The topological polar surface area (TPSA) is 42.4 Å². The number of aliphatic hydroxyl groups excluding tert-OH is 1. The quantitative estimate of drug-likeness (QED) is 0.751. The summed E-state index contributed by atoms with van der Waals surface area (Å²) in [6.07, 6.45) is -3.25. The van der Waals surface area contributed by atoms with Gasteiger partial charge in [0.2, 0.25) is 0 Å². The molecule has 0 aliphatic heterocycles. The van der Waals surface area contributed by atoms with E-state index >= 15 is 0 Å². The largest absolute Gasteiger partial charge is 0.491 e. The molecular weight excluding hydrogens is 331 g/mol. The van der Waals surface area contributed by atoms with Gasteiger partial charge in [-0.05, 0) is 42.0 Å². The van der Waals surface area contributed by atoms with Gasteiger partial charge in [0, 0.05) is 18.0 Å². The summed E-state index contributed by atoms with van der Waals surface area (Å²) >= 11 is 0. The maximum absolute atomic E-state index is 12.5. The molecule has 0 aliphatic rings. The van der Waals surface area contributed by atoms with Crippen molar-refractivity contribution in [2.75, 3.05) is 6.61 Å². The van der Waals surface area contributed by atoms with Crippen molar-refractivity contribution < 1.29 is 23.0 Å². The minimum atomic E-state index is -4.36. The van der Waals surface area contributed by atoms with Crippen LogP contribution in [0.4, 0.5) is 13.2 Å². The van der Waals surface area contributed by atoms with Crippen LogP contribution >= 0.6 is 0 Å². The maximum Gasteiger partial charge on any atom is 0.416 e. The van der Waals surface area contributed by atoms with Gasteiger partial charge in [-0.15, -0.1) is 0 Å². The molecule has 0 amide bonds. The van der Waals surface area contributed by atoms with Gasteiger partial charge in [-0.3, -0.25) is 4.98 Å². The molecule has 1 atom stereocenters. The third kappa shape index (κ3) is 4.48. The summed E-state index contributed by atoms with van der Waals surface area (Å²) in [5, 5.41) is 11.0. The molecule has 0 bridgehead atoms. The monoisotopic (exact) mass is 347 g/mol. The van der Waals surface area contributed by atoms with E-state index in [1.807, 2.05) is 24.3 Å². The number of halogens is 3. The van der Waals surface area contributed by atoms with Gasteiger partial charge in [0.25, 0.3) is 0 Å². The Bertz CT molecular complexity index is 847. The first-order chi connectivity index (χ1) is 11.9. The maximum atomic E-state index is 12.5. The van der Waals surface area contributed by atoms with E-state index in [-0.39, 0.29) is 13.0 Å². The number of benzene rings is 2. The van der Waals surface area contributed by atoms with Crippen molar-refractivity contribution in [3.05, 3.63) is 71.9 Å². The smallest absolute Gasteiger partial charge is 0.416 e. The highest BCUT2D eigenvalue weighted by molar-refractivity contribution is 5.79. The average Bonchev–Trinajstić information content (AvgIpc) is 2.59. The Hall–Kier alpha value is -2.60. The van der Waals surface area contributed by atoms with Crippen LogP contribution in [0.25, 0.3) is 10.9 Å². The lowest BCUT2D eigenvalue weighted by Crippen LogP contribution is -2.20. The molecule has 25 heavy (non-hydrogen) atoms. The van der Waals surface area contributed by atoms with Gasteiger partial charge in [-0.2, -0.15) is 13.2 Å². The van der Waals surface area contributed by atoms with Crippen LogP contribution in [-0.4, -0.2) is 22.8 Å². The number of aliphatic hydroxyl groups is 1. The Morgan fingerprint density at radius 1 is 1.04 bits per heavy atom. The van der Waals surface area contributed by atoms with Crippen molar-refractivity contribution in [2.45, 2.75) is 18.7 Å². The van der Waals surface area contributed by atoms with Crippen LogP contribution in [0.3, 0.4) is 0 Å². The highest BCUT2D eigenvalue weighted by Gasteiger charge is 2.29. The van der Waals surface area contributed by atoms with Gasteiger partial charge in [-0.25, -0.2) is 0 Å². The molecule has 0 fully saturated rings. The Morgan fingerprint density at radius 2 is 1.80 bits per heavy atom. The lowest BCUT2D eigenvalue weighted by Gasteiger charge is -2.13. The van der Waals surface area contributed by atoms with Crippen LogP contribution < -0.4 is 4.74 Å². The molecule has 1 aromatic heterocycles. The average molecular weight is 347 g/mol. The van der Waals surface area contributed by atoms with Gasteiger partial charge >= 0.3 is 6.18 Å². The second kappa shape index (κ2) is 7.11. The van der Waals surface area contributed by atoms with Gasteiger partial charge in [0.1, 0.15) is 12.4 Å².